The Kier molecular flexibility index (Phi) is 2.27. The molecule has 3 heteroatoms. The first-order valence-corrected chi connectivity index (χ1v) is 5.07. The van der Waals surface area contributed by atoms with Gasteiger partial charge in [0.15, 0.2) is 0 Å². The van der Waals surface area contributed by atoms with Crippen LogP contribution in [-0.2, 0) is 12.5 Å². The van der Waals surface area contributed by atoms with E-state index in [-0.39, 0.29) is 12.0 Å². The van der Waals surface area contributed by atoms with Gasteiger partial charge in [-0.05, 0) is 17.7 Å². The fourth-order valence-corrected chi connectivity index (χ4v) is 1.64. The average Bonchev–Trinajstić information content (AvgIpc) is 2.60. The van der Waals surface area contributed by atoms with E-state index in [1.807, 2.05) is 37.6 Å². The first kappa shape index (κ1) is 10.2. The molecule has 0 bridgehead atoms. The number of aliphatic hydroxyl groups excluding tert-OH is 1. The van der Waals surface area contributed by atoms with Crippen LogP contribution in [0.3, 0.4) is 0 Å². The summed E-state index contributed by atoms with van der Waals surface area (Å²) in [7, 11) is 1.98. The lowest BCUT2D eigenvalue weighted by molar-refractivity contribution is 0.218. The molecule has 0 spiro atoms. The van der Waals surface area contributed by atoms with Gasteiger partial charge < -0.3 is 9.67 Å². The normalized spacial score (nSPS) is 12.3. The quantitative estimate of drug-likeness (QED) is 0.810. The zero-order chi connectivity index (χ0) is 11.1. The Morgan fingerprint density at radius 1 is 1.40 bits per heavy atom. The molecule has 0 saturated carbocycles. The Hall–Kier alpha value is -1.35. The average molecular weight is 204 g/mol. The third-order valence-corrected chi connectivity index (χ3v) is 2.90. The molecular weight excluding hydrogens is 188 g/mol. The number of hydrogen-bond acceptors (Lipinski definition) is 2. The van der Waals surface area contributed by atoms with Gasteiger partial charge in [0, 0.05) is 12.5 Å². The molecule has 2 aromatic rings. The predicted molar refractivity (Wildman–Crippen MR) is 60.8 cm³/mol. The number of rotatable bonds is 2. The van der Waals surface area contributed by atoms with Crippen LogP contribution in [0.4, 0.5) is 0 Å². The largest absolute Gasteiger partial charge is 0.395 e. The van der Waals surface area contributed by atoms with Crippen molar-refractivity contribution in [2.75, 3.05) is 6.61 Å². The maximum Gasteiger partial charge on any atom is 0.0955 e. The monoisotopic (exact) mass is 204 g/mol. The van der Waals surface area contributed by atoms with Crippen LogP contribution in [-0.4, -0.2) is 21.3 Å². The van der Waals surface area contributed by atoms with E-state index in [2.05, 4.69) is 11.1 Å². The Labute approximate surface area is 89.4 Å². The first-order chi connectivity index (χ1) is 7.04. The van der Waals surface area contributed by atoms with Gasteiger partial charge in [0.2, 0.25) is 0 Å². The molecule has 1 aromatic heterocycles. The SMILES string of the molecule is Cn1cnc2ccc(C(C)(C)CO)cc21. The van der Waals surface area contributed by atoms with Crippen molar-refractivity contribution in [3.8, 4) is 0 Å². The molecule has 80 valence electrons. The highest BCUT2D eigenvalue weighted by Gasteiger charge is 2.19. The third-order valence-electron chi connectivity index (χ3n) is 2.90. The number of hydrogen-bond donors (Lipinski definition) is 1. The second-order valence-electron chi connectivity index (χ2n) is 4.60. The van der Waals surface area contributed by atoms with E-state index in [9.17, 15) is 5.11 Å². The van der Waals surface area contributed by atoms with E-state index in [0.29, 0.717) is 0 Å². The maximum atomic E-state index is 9.32. The van der Waals surface area contributed by atoms with Crippen molar-refractivity contribution in [3.05, 3.63) is 30.1 Å². The number of aliphatic hydroxyl groups is 1. The van der Waals surface area contributed by atoms with Gasteiger partial charge in [-0.25, -0.2) is 4.98 Å². The molecule has 2 rings (SSSR count). The summed E-state index contributed by atoms with van der Waals surface area (Å²) in [6.07, 6.45) is 1.81. The molecular formula is C12H16N2O. The Bertz CT molecular complexity index is 485. The number of aromatic nitrogens is 2. The minimum Gasteiger partial charge on any atom is -0.395 e. The van der Waals surface area contributed by atoms with Gasteiger partial charge in [-0.2, -0.15) is 0 Å². The number of nitrogens with zero attached hydrogens (tertiary/aromatic N) is 2. The number of imidazole rings is 1. The van der Waals surface area contributed by atoms with E-state index >= 15 is 0 Å². The lowest BCUT2D eigenvalue weighted by atomic mass is 9.85. The highest BCUT2D eigenvalue weighted by atomic mass is 16.3. The van der Waals surface area contributed by atoms with Crippen LogP contribution in [0.25, 0.3) is 11.0 Å². The van der Waals surface area contributed by atoms with Crippen molar-refractivity contribution < 1.29 is 5.11 Å². The Morgan fingerprint density at radius 3 is 2.80 bits per heavy atom. The standard InChI is InChI=1S/C12H16N2O/c1-12(2,7-15)9-4-5-10-11(6-9)14(3)8-13-10/h4-6,8,15H,7H2,1-3H3. The van der Waals surface area contributed by atoms with Crippen LogP contribution in [0.2, 0.25) is 0 Å². The topological polar surface area (TPSA) is 38.0 Å². The van der Waals surface area contributed by atoms with Crippen LogP contribution >= 0.6 is 0 Å². The molecule has 0 unspecified atom stereocenters. The number of benzene rings is 1. The van der Waals surface area contributed by atoms with Gasteiger partial charge in [-0.3, -0.25) is 0 Å². The minimum absolute atomic E-state index is 0.149. The molecule has 0 aliphatic rings. The molecule has 0 aliphatic heterocycles. The van der Waals surface area contributed by atoms with Gasteiger partial charge in [-0.15, -0.1) is 0 Å². The Morgan fingerprint density at radius 2 is 2.13 bits per heavy atom. The van der Waals surface area contributed by atoms with Gasteiger partial charge in [0.05, 0.1) is 24.0 Å². The molecule has 0 amide bonds. The summed E-state index contributed by atoms with van der Waals surface area (Å²) in [5.41, 5.74) is 3.04. The van der Waals surface area contributed by atoms with Crippen LogP contribution in [0.15, 0.2) is 24.5 Å². The smallest absolute Gasteiger partial charge is 0.0955 e. The highest BCUT2D eigenvalue weighted by Crippen LogP contribution is 2.25. The summed E-state index contributed by atoms with van der Waals surface area (Å²) in [4.78, 5) is 4.27. The molecule has 0 saturated heterocycles. The summed E-state index contributed by atoms with van der Waals surface area (Å²) >= 11 is 0. The van der Waals surface area contributed by atoms with Crippen molar-refractivity contribution >= 4 is 11.0 Å². The lowest BCUT2D eigenvalue weighted by Gasteiger charge is -2.22. The summed E-state index contributed by atoms with van der Waals surface area (Å²) in [5.74, 6) is 0. The van der Waals surface area contributed by atoms with Crippen molar-refractivity contribution in [2.24, 2.45) is 7.05 Å². The molecule has 0 aliphatic carbocycles. The van der Waals surface area contributed by atoms with Crippen LogP contribution in [0, 0.1) is 0 Å². The van der Waals surface area contributed by atoms with E-state index in [1.165, 1.54) is 0 Å². The van der Waals surface area contributed by atoms with Crippen molar-refractivity contribution in [1.82, 2.24) is 9.55 Å². The number of fused-ring (bicyclic) bond motifs is 1. The number of aryl methyl sites for hydroxylation is 1. The van der Waals surface area contributed by atoms with E-state index in [4.69, 9.17) is 0 Å². The maximum absolute atomic E-state index is 9.32. The molecule has 1 heterocycles. The summed E-state index contributed by atoms with van der Waals surface area (Å²) in [6.45, 7) is 4.21. The fourth-order valence-electron chi connectivity index (χ4n) is 1.64. The molecule has 0 radical (unpaired) electrons. The molecule has 1 N–H and O–H groups in total. The molecule has 3 nitrogen and oxygen atoms in total. The zero-order valence-electron chi connectivity index (χ0n) is 9.36. The van der Waals surface area contributed by atoms with E-state index in [1.54, 1.807) is 6.33 Å². The molecule has 0 atom stereocenters. The van der Waals surface area contributed by atoms with Crippen molar-refractivity contribution in [1.29, 1.82) is 0 Å². The van der Waals surface area contributed by atoms with E-state index in [0.717, 1.165) is 16.6 Å². The summed E-state index contributed by atoms with van der Waals surface area (Å²) in [5, 5.41) is 9.32. The lowest BCUT2D eigenvalue weighted by Crippen LogP contribution is -2.21. The van der Waals surface area contributed by atoms with E-state index < -0.39 is 0 Å². The Balaban J connectivity index is 2.59. The van der Waals surface area contributed by atoms with Crippen molar-refractivity contribution in [2.45, 2.75) is 19.3 Å². The second-order valence-corrected chi connectivity index (χ2v) is 4.60. The van der Waals surface area contributed by atoms with Crippen LogP contribution in [0.1, 0.15) is 19.4 Å². The minimum atomic E-state index is -0.196. The predicted octanol–water partition coefficient (Wildman–Crippen LogP) is 1.84. The van der Waals surface area contributed by atoms with Gasteiger partial charge in [-0.1, -0.05) is 19.9 Å². The van der Waals surface area contributed by atoms with Gasteiger partial charge in [0.25, 0.3) is 0 Å². The second kappa shape index (κ2) is 3.35. The first-order valence-electron chi connectivity index (χ1n) is 5.07. The molecule has 0 fully saturated rings. The third kappa shape index (κ3) is 1.63. The zero-order valence-corrected chi connectivity index (χ0v) is 9.36. The molecule has 1 aromatic carbocycles. The van der Waals surface area contributed by atoms with Crippen LogP contribution in [0.5, 0.6) is 0 Å². The van der Waals surface area contributed by atoms with Crippen LogP contribution < -0.4 is 0 Å². The summed E-state index contributed by atoms with van der Waals surface area (Å²) < 4.78 is 1.99. The highest BCUT2D eigenvalue weighted by molar-refractivity contribution is 5.76. The van der Waals surface area contributed by atoms with Gasteiger partial charge >= 0.3 is 0 Å². The molecule has 15 heavy (non-hydrogen) atoms. The summed E-state index contributed by atoms with van der Waals surface area (Å²) in [6, 6.07) is 6.13. The fraction of sp³-hybridized carbons (Fsp3) is 0.417. The van der Waals surface area contributed by atoms with Gasteiger partial charge in [0.1, 0.15) is 0 Å². The van der Waals surface area contributed by atoms with Crippen molar-refractivity contribution in [3.63, 3.8) is 0 Å².